The van der Waals surface area contributed by atoms with Gasteiger partial charge in [0.15, 0.2) is 0 Å². The standard InChI is InChI=1S/C29H29ClN4O3.ClH/c1-2-37-27(36)28(12-6-13-28)29(26(35)24-16-31-18-32-24)25-21(22-15-20(30)9-10-23(22)33-25)11-14-34(29)17-19-7-4-3-5-8-19;/h3-5,7-10,15-16,18,33H,2,6,11-14,17H2,1H3,(H,31,32);1H. The van der Waals surface area contributed by atoms with Crippen molar-refractivity contribution in [2.45, 2.75) is 44.7 Å². The minimum Gasteiger partial charge on any atom is -0.465 e. The monoisotopic (exact) mass is 552 g/mol. The topological polar surface area (TPSA) is 91.1 Å². The van der Waals surface area contributed by atoms with E-state index in [1.54, 1.807) is 6.20 Å². The number of ether oxygens (including phenoxy) is 1. The van der Waals surface area contributed by atoms with Gasteiger partial charge < -0.3 is 14.7 Å². The Labute approximate surface area is 232 Å². The number of imidazole rings is 1. The van der Waals surface area contributed by atoms with Crippen molar-refractivity contribution >= 4 is 46.7 Å². The van der Waals surface area contributed by atoms with E-state index >= 15 is 0 Å². The first-order chi connectivity index (χ1) is 18.0. The van der Waals surface area contributed by atoms with E-state index in [9.17, 15) is 9.59 Å². The lowest BCUT2D eigenvalue weighted by Crippen LogP contribution is -2.69. The molecule has 1 aliphatic heterocycles. The minimum absolute atomic E-state index is 0. The summed E-state index contributed by atoms with van der Waals surface area (Å²) in [5.74, 6) is -0.496. The van der Waals surface area contributed by atoms with E-state index < -0.39 is 11.0 Å². The number of aromatic amines is 2. The highest BCUT2D eigenvalue weighted by molar-refractivity contribution is 6.31. The molecule has 1 aliphatic carbocycles. The van der Waals surface area contributed by atoms with E-state index in [0.29, 0.717) is 36.6 Å². The Morgan fingerprint density at radius 1 is 1.16 bits per heavy atom. The fraction of sp³-hybridized carbons (Fsp3) is 0.345. The first kappa shape index (κ1) is 26.5. The molecule has 2 aromatic heterocycles. The molecule has 0 bridgehead atoms. The molecule has 38 heavy (non-hydrogen) atoms. The molecule has 2 aliphatic rings. The molecule has 1 saturated carbocycles. The van der Waals surface area contributed by atoms with E-state index in [0.717, 1.165) is 40.6 Å². The third-order valence-electron chi connectivity index (χ3n) is 8.19. The van der Waals surface area contributed by atoms with Crippen molar-refractivity contribution in [3.63, 3.8) is 0 Å². The van der Waals surface area contributed by atoms with Crippen LogP contribution in [-0.2, 0) is 28.0 Å². The molecule has 1 atom stereocenters. The van der Waals surface area contributed by atoms with Gasteiger partial charge in [0.25, 0.3) is 0 Å². The maximum Gasteiger partial charge on any atom is 0.314 e. The van der Waals surface area contributed by atoms with Gasteiger partial charge in [-0.3, -0.25) is 14.5 Å². The number of Topliss-reactive ketones (excluding diaryl/α,β-unsaturated/α-hetero) is 1. The maximum absolute atomic E-state index is 14.9. The number of rotatable bonds is 7. The van der Waals surface area contributed by atoms with Gasteiger partial charge in [-0.2, -0.15) is 0 Å². The lowest BCUT2D eigenvalue weighted by molar-refractivity contribution is -0.178. The molecule has 7 nitrogen and oxygen atoms in total. The number of hydrogen-bond donors (Lipinski definition) is 2. The van der Waals surface area contributed by atoms with Crippen LogP contribution in [0.2, 0.25) is 5.02 Å². The molecule has 1 fully saturated rings. The number of H-pyrrole nitrogens is 2. The molecular weight excluding hydrogens is 523 g/mol. The highest BCUT2D eigenvalue weighted by atomic mass is 35.5. The summed E-state index contributed by atoms with van der Waals surface area (Å²) in [4.78, 5) is 41.8. The van der Waals surface area contributed by atoms with Crippen LogP contribution in [-0.4, -0.2) is 44.8 Å². The average Bonchev–Trinajstić information content (AvgIpc) is 3.53. The average molecular weight is 553 g/mol. The van der Waals surface area contributed by atoms with Crippen molar-refractivity contribution in [2.75, 3.05) is 13.2 Å². The van der Waals surface area contributed by atoms with Crippen LogP contribution in [0.1, 0.15) is 53.5 Å². The summed E-state index contributed by atoms with van der Waals surface area (Å²) in [5.41, 5.74) is 1.79. The Morgan fingerprint density at radius 2 is 1.95 bits per heavy atom. The van der Waals surface area contributed by atoms with Crippen LogP contribution in [0.5, 0.6) is 0 Å². The lowest BCUT2D eigenvalue weighted by atomic mass is 9.52. The smallest absolute Gasteiger partial charge is 0.314 e. The van der Waals surface area contributed by atoms with Crippen molar-refractivity contribution < 1.29 is 14.3 Å². The number of aromatic nitrogens is 3. The predicted molar refractivity (Wildman–Crippen MR) is 149 cm³/mol. The Bertz CT molecular complexity index is 1460. The summed E-state index contributed by atoms with van der Waals surface area (Å²) in [7, 11) is 0. The number of carbonyl (C=O) groups is 2. The summed E-state index contributed by atoms with van der Waals surface area (Å²) in [6.07, 6.45) is 5.75. The Balaban J connectivity index is 0.00000294. The van der Waals surface area contributed by atoms with E-state index in [-0.39, 0.29) is 30.8 Å². The number of nitrogens with zero attached hydrogens (tertiary/aromatic N) is 2. The number of ketones is 1. The molecular formula is C29H30Cl2N4O3. The Hall–Kier alpha value is -3.13. The normalized spacial score (nSPS) is 20.3. The fourth-order valence-electron chi connectivity index (χ4n) is 6.47. The zero-order valence-corrected chi connectivity index (χ0v) is 22.7. The van der Waals surface area contributed by atoms with Crippen LogP contribution in [0.25, 0.3) is 10.9 Å². The van der Waals surface area contributed by atoms with Crippen LogP contribution in [0.3, 0.4) is 0 Å². The van der Waals surface area contributed by atoms with Gasteiger partial charge in [-0.25, -0.2) is 4.98 Å². The van der Waals surface area contributed by atoms with Gasteiger partial charge in [-0.15, -0.1) is 12.4 Å². The molecule has 2 aromatic carbocycles. The van der Waals surface area contributed by atoms with E-state index in [2.05, 4.69) is 32.0 Å². The van der Waals surface area contributed by atoms with E-state index in [1.165, 1.54) is 6.33 Å². The number of hydrogen-bond acceptors (Lipinski definition) is 5. The van der Waals surface area contributed by atoms with Gasteiger partial charge in [0.05, 0.1) is 24.5 Å². The van der Waals surface area contributed by atoms with Crippen LogP contribution in [0, 0.1) is 5.41 Å². The van der Waals surface area contributed by atoms with Crippen molar-refractivity contribution in [1.82, 2.24) is 19.9 Å². The van der Waals surface area contributed by atoms with Crippen LogP contribution in [0.15, 0.2) is 61.1 Å². The van der Waals surface area contributed by atoms with Gasteiger partial charge in [-0.05, 0) is 55.5 Å². The zero-order valence-electron chi connectivity index (χ0n) is 21.1. The second kappa shape index (κ2) is 10.2. The fourth-order valence-corrected chi connectivity index (χ4v) is 6.64. The largest absolute Gasteiger partial charge is 0.465 e. The number of halogens is 2. The third-order valence-corrected chi connectivity index (χ3v) is 8.42. The molecule has 2 N–H and O–H groups in total. The van der Waals surface area contributed by atoms with E-state index in [1.807, 2.05) is 43.3 Å². The molecule has 4 aromatic rings. The van der Waals surface area contributed by atoms with Gasteiger partial charge >= 0.3 is 5.97 Å². The highest BCUT2D eigenvalue weighted by Crippen LogP contribution is 2.61. The third kappa shape index (κ3) is 3.79. The van der Waals surface area contributed by atoms with Crippen molar-refractivity contribution in [1.29, 1.82) is 0 Å². The Morgan fingerprint density at radius 3 is 2.61 bits per heavy atom. The molecule has 6 rings (SSSR count). The number of fused-ring (bicyclic) bond motifs is 3. The maximum atomic E-state index is 14.9. The first-order valence-electron chi connectivity index (χ1n) is 12.8. The van der Waals surface area contributed by atoms with Crippen LogP contribution in [0.4, 0.5) is 0 Å². The SMILES string of the molecule is CCOC(=O)C1(C2(C(=O)c3cnc[nH]3)c3[nH]c4ccc(Cl)cc4c3CCN2Cc2ccccc2)CCC1.Cl. The van der Waals surface area contributed by atoms with Crippen LogP contribution < -0.4 is 0 Å². The summed E-state index contributed by atoms with van der Waals surface area (Å²) in [6.45, 7) is 3.18. The van der Waals surface area contributed by atoms with Crippen molar-refractivity contribution in [2.24, 2.45) is 5.41 Å². The molecule has 0 radical (unpaired) electrons. The minimum atomic E-state index is -1.31. The molecule has 3 heterocycles. The van der Waals surface area contributed by atoms with Gasteiger partial charge in [0.1, 0.15) is 11.2 Å². The highest BCUT2D eigenvalue weighted by Gasteiger charge is 2.70. The van der Waals surface area contributed by atoms with E-state index in [4.69, 9.17) is 16.3 Å². The van der Waals surface area contributed by atoms with Crippen molar-refractivity contribution in [3.8, 4) is 0 Å². The molecule has 9 heteroatoms. The number of esters is 1. The van der Waals surface area contributed by atoms with Gasteiger partial charge in [-0.1, -0.05) is 48.4 Å². The summed E-state index contributed by atoms with van der Waals surface area (Å²) < 4.78 is 5.72. The second-order valence-electron chi connectivity index (χ2n) is 9.99. The summed E-state index contributed by atoms with van der Waals surface area (Å²) in [6, 6.07) is 15.8. The zero-order chi connectivity index (χ0) is 25.6. The van der Waals surface area contributed by atoms with Gasteiger partial charge in [0, 0.05) is 34.7 Å². The molecule has 0 saturated heterocycles. The van der Waals surface area contributed by atoms with Crippen LogP contribution >= 0.6 is 24.0 Å². The summed E-state index contributed by atoms with van der Waals surface area (Å²) in [5, 5.41) is 1.62. The number of carbonyl (C=O) groups excluding carboxylic acids is 2. The summed E-state index contributed by atoms with van der Waals surface area (Å²) >= 11 is 6.41. The number of nitrogens with one attached hydrogen (secondary N) is 2. The lowest BCUT2D eigenvalue weighted by Gasteiger charge is -2.58. The molecule has 0 amide bonds. The number of benzene rings is 2. The first-order valence-corrected chi connectivity index (χ1v) is 13.2. The second-order valence-corrected chi connectivity index (χ2v) is 10.4. The quantitative estimate of drug-likeness (QED) is 0.222. The molecule has 1 unspecified atom stereocenters. The predicted octanol–water partition coefficient (Wildman–Crippen LogP) is 5.84. The van der Waals surface area contributed by atoms with Gasteiger partial charge in [0.2, 0.25) is 5.78 Å². The molecule has 0 spiro atoms. The molecule has 198 valence electrons. The Kier molecular flexibility index (Phi) is 7.11. The van der Waals surface area contributed by atoms with Crippen molar-refractivity contribution in [3.05, 3.63) is 88.6 Å².